The van der Waals surface area contributed by atoms with Gasteiger partial charge in [0, 0.05) is 13.2 Å². The fourth-order valence-corrected chi connectivity index (χ4v) is 3.20. The van der Waals surface area contributed by atoms with E-state index >= 15 is 0 Å². The van der Waals surface area contributed by atoms with E-state index in [-0.39, 0.29) is 5.60 Å². The first-order chi connectivity index (χ1) is 9.43. The molecule has 1 N–H and O–H groups in total. The van der Waals surface area contributed by atoms with Crippen LogP contribution in [-0.4, -0.2) is 38.5 Å². The van der Waals surface area contributed by atoms with E-state index in [0.29, 0.717) is 12.0 Å². The predicted octanol–water partition coefficient (Wildman–Crippen LogP) is 3.62. The highest BCUT2D eigenvalue weighted by Crippen LogP contribution is 2.42. The molecule has 0 bridgehead atoms. The van der Waals surface area contributed by atoms with Gasteiger partial charge in [-0.2, -0.15) is 0 Å². The lowest BCUT2D eigenvalue weighted by atomic mass is 9.68. The van der Waals surface area contributed by atoms with Gasteiger partial charge in [-0.25, -0.2) is 0 Å². The van der Waals surface area contributed by atoms with Crippen molar-refractivity contribution in [2.45, 2.75) is 65.9 Å². The van der Waals surface area contributed by atoms with Crippen molar-refractivity contribution in [2.75, 3.05) is 32.9 Å². The van der Waals surface area contributed by atoms with Crippen LogP contribution in [0.25, 0.3) is 0 Å². The van der Waals surface area contributed by atoms with Crippen LogP contribution in [0, 0.1) is 11.3 Å². The summed E-state index contributed by atoms with van der Waals surface area (Å²) in [6.07, 6.45) is 4.91. The summed E-state index contributed by atoms with van der Waals surface area (Å²) in [5, 5.41) is 3.49. The fourth-order valence-electron chi connectivity index (χ4n) is 3.20. The summed E-state index contributed by atoms with van der Waals surface area (Å²) < 4.78 is 11.7. The smallest absolute Gasteiger partial charge is 0.0807 e. The van der Waals surface area contributed by atoms with Crippen molar-refractivity contribution in [1.29, 1.82) is 0 Å². The zero-order valence-electron chi connectivity index (χ0n) is 14.3. The minimum absolute atomic E-state index is 0.0366. The van der Waals surface area contributed by atoms with E-state index in [4.69, 9.17) is 9.47 Å². The van der Waals surface area contributed by atoms with E-state index in [1.165, 1.54) is 25.7 Å². The third-order valence-corrected chi connectivity index (χ3v) is 4.66. The molecule has 0 aromatic heterocycles. The first-order valence-corrected chi connectivity index (χ1v) is 8.36. The number of likely N-dealkylation sites (N-methyl/N-ethyl adjacent to an activating group) is 1. The van der Waals surface area contributed by atoms with Crippen LogP contribution in [0.3, 0.4) is 0 Å². The van der Waals surface area contributed by atoms with E-state index in [1.807, 2.05) is 6.92 Å². The Bertz CT molecular complexity index is 252. The molecule has 1 fully saturated rings. The zero-order chi connectivity index (χ0) is 15.1. The number of nitrogens with one attached hydrogen (secondary N) is 1. The highest BCUT2D eigenvalue weighted by Gasteiger charge is 2.39. The van der Waals surface area contributed by atoms with Gasteiger partial charge < -0.3 is 14.8 Å². The second-order valence-electron chi connectivity index (χ2n) is 7.15. The summed E-state index contributed by atoms with van der Waals surface area (Å²) in [7, 11) is 0. The molecule has 0 amide bonds. The number of hydrogen-bond donors (Lipinski definition) is 1. The fraction of sp³-hybridized carbons (Fsp3) is 1.00. The van der Waals surface area contributed by atoms with Crippen LogP contribution in [0.4, 0.5) is 0 Å². The molecule has 0 aromatic carbocycles. The summed E-state index contributed by atoms with van der Waals surface area (Å²) in [5.74, 6) is 0.827. The third-order valence-electron chi connectivity index (χ3n) is 4.66. The van der Waals surface area contributed by atoms with Crippen LogP contribution in [0.1, 0.15) is 60.3 Å². The molecule has 0 aliphatic heterocycles. The molecular formula is C17H35NO2. The Kier molecular flexibility index (Phi) is 7.49. The average molecular weight is 285 g/mol. The lowest BCUT2D eigenvalue weighted by molar-refractivity contribution is -0.0981. The van der Waals surface area contributed by atoms with Gasteiger partial charge in [0.15, 0.2) is 0 Å². The molecule has 120 valence electrons. The maximum atomic E-state index is 6.25. The monoisotopic (exact) mass is 285 g/mol. The number of ether oxygens (including phenoxy) is 2. The maximum absolute atomic E-state index is 6.25. The highest BCUT2D eigenvalue weighted by atomic mass is 16.5. The van der Waals surface area contributed by atoms with Gasteiger partial charge in [-0.3, -0.25) is 0 Å². The first kappa shape index (κ1) is 17.9. The van der Waals surface area contributed by atoms with Gasteiger partial charge in [-0.1, -0.05) is 27.7 Å². The largest absolute Gasteiger partial charge is 0.379 e. The molecule has 3 heteroatoms. The van der Waals surface area contributed by atoms with E-state index in [2.05, 4.69) is 33.0 Å². The van der Waals surface area contributed by atoms with Gasteiger partial charge in [0.05, 0.1) is 18.8 Å². The summed E-state index contributed by atoms with van der Waals surface area (Å²) in [6.45, 7) is 15.5. The topological polar surface area (TPSA) is 30.5 Å². The van der Waals surface area contributed by atoms with Crippen LogP contribution < -0.4 is 5.32 Å². The molecule has 0 spiro atoms. The number of hydrogen-bond acceptors (Lipinski definition) is 3. The van der Waals surface area contributed by atoms with Crippen LogP contribution in [0.5, 0.6) is 0 Å². The molecule has 1 aliphatic rings. The zero-order valence-corrected chi connectivity index (χ0v) is 14.3. The molecule has 1 saturated carbocycles. The second-order valence-corrected chi connectivity index (χ2v) is 7.15. The Morgan fingerprint density at radius 1 is 1.10 bits per heavy atom. The van der Waals surface area contributed by atoms with Crippen molar-refractivity contribution in [3.63, 3.8) is 0 Å². The second kappa shape index (κ2) is 8.35. The average Bonchev–Trinajstić information content (AvgIpc) is 2.41. The van der Waals surface area contributed by atoms with Crippen molar-refractivity contribution in [1.82, 2.24) is 5.32 Å². The molecule has 1 aliphatic carbocycles. The molecule has 20 heavy (non-hydrogen) atoms. The van der Waals surface area contributed by atoms with Gasteiger partial charge in [0.25, 0.3) is 0 Å². The standard InChI is InChI=1S/C17H35NO2/c1-6-18-14-17(20-13-12-19-7-2)10-8-15(9-11-17)16(3,4)5/h15,18H,6-14H2,1-5H3. The van der Waals surface area contributed by atoms with E-state index in [0.717, 1.165) is 32.2 Å². The molecule has 0 heterocycles. The molecule has 0 unspecified atom stereocenters. The summed E-state index contributed by atoms with van der Waals surface area (Å²) in [6, 6.07) is 0. The summed E-state index contributed by atoms with van der Waals surface area (Å²) in [5.41, 5.74) is 0.463. The normalized spacial score (nSPS) is 27.8. The molecular weight excluding hydrogens is 250 g/mol. The van der Waals surface area contributed by atoms with Crippen molar-refractivity contribution in [3.05, 3.63) is 0 Å². The molecule has 0 atom stereocenters. The molecule has 1 rings (SSSR count). The SMILES string of the molecule is CCNCC1(OCCOCC)CCC(C(C)(C)C)CC1. The van der Waals surface area contributed by atoms with Gasteiger partial charge in [0.1, 0.15) is 0 Å². The van der Waals surface area contributed by atoms with Crippen molar-refractivity contribution >= 4 is 0 Å². The quantitative estimate of drug-likeness (QED) is 0.691. The molecule has 3 nitrogen and oxygen atoms in total. The van der Waals surface area contributed by atoms with Crippen LogP contribution in [-0.2, 0) is 9.47 Å². The Labute approximate surface area is 125 Å². The number of rotatable bonds is 8. The molecule has 0 aromatic rings. The first-order valence-electron chi connectivity index (χ1n) is 8.36. The Morgan fingerprint density at radius 2 is 1.75 bits per heavy atom. The van der Waals surface area contributed by atoms with Crippen molar-refractivity contribution in [3.8, 4) is 0 Å². The predicted molar refractivity (Wildman–Crippen MR) is 85.1 cm³/mol. The lowest BCUT2D eigenvalue weighted by Gasteiger charge is -2.44. The minimum Gasteiger partial charge on any atom is -0.379 e. The Morgan fingerprint density at radius 3 is 2.25 bits per heavy atom. The lowest BCUT2D eigenvalue weighted by Crippen LogP contribution is -2.47. The Hall–Kier alpha value is -0.120. The van der Waals surface area contributed by atoms with Gasteiger partial charge >= 0.3 is 0 Å². The minimum atomic E-state index is 0.0366. The molecule has 0 radical (unpaired) electrons. The van der Waals surface area contributed by atoms with Gasteiger partial charge in [0.2, 0.25) is 0 Å². The highest BCUT2D eigenvalue weighted by molar-refractivity contribution is 4.92. The van der Waals surface area contributed by atoms with Crippen LogP contribution in [0.15, 0.2) is 0 Å². The van der Waals surface area contributed by atoms with Gasteiger partial charge in [-0.05, 0) is 50.5 Å². The van der Waals surface area contributed by atoms with E-state index in [9.17, 15) is 0 Å². The summed E-state index contributed by atoms with van der Waals surface area (Å²) in [4.78, 5) is 0. The Balaban J connectivity index is 2.49. The van der Waals surface area contributed by atoms with Gasteiger partial charge in [-0.15, -0.1) is 0 Å². The van der Waals surface area contributed by atoms with E-state index < -0.39 is 0 Å². The summed E-state index contributed by atoms with van der Waals surface area (Å²) >= 11 is 0. The van der Waals surface area contributed by atoms with Crippen LogP contribution in [0.2, 0.25) is 0 Å². The molecule has 0 saturated heterocycles. The van der Waals surface area contributed by atoms with Crippen molar-refractivity contribution in [2.24, 2.45) is 11.3 Å². The van der Waals surface area contributed by atoms with Crippen LogP contribution >= 0.6 is 0 Å². The van der Waals surface area contributed by atoms with Crippen molar-refractivity contribution < 1.29 is 9.47 Å². The van der Waals surface area contributed by atoms with E-state index in [1.54, 1.807) is 0 Å². The maximum Gasteiger partial charge on any atom is 0.0807 e. The third kappa shape index (κ3) is 5.71.